The largest absolute Gasteiger partial charge is 0.366 e. The zero-order valence-electron chi connectivity index (χ0n) is 16.4. The van der Waals surface area contributed by atoms with Crippen LogP contribution >= 0.6 is 11.3 Å². The summed E-state index contributed by atoms with van der Waals surface area (Å²) in [5.74, 6) is -0.614. The Kier molecular flexibility index (Phi) is 5.12. The summed E-state index contributed by atoms with van der Waals surface area (Å²) in [4.78, 5) is 30.8. The standard InChI is InChI=1S/C22H14F2N6OS/c23-14-4-3-5-15(24)13(14)12-27-17-8-7-16-20(29-17)30(18-6-1-2-9-25-18)22(31)19(28-16)21-26-10-11-32-21/h1-11H,12H2,(H,27,29). The molecule has 0 saturated heterocycles. The van der Waals surface area contributed by atoms with E-state index in [0.717, 1.165) is 0 Å². The number of rotatable bonds is 5. The molecule has 0 aliphatic rings. The van der Waals surface area contributed by atoms with Crippen LogP contribution in [0.25, 0.3) is 27.7 Å². The first kappa shape index (κ1) is 19.9. The minimum Gasteiger partial charge on any atom is -0.366 e. The van der Waals surface area contributed by atoms with Gasteiger partial charge in [-0.15, -0.1) is 11.3 Å². The molecule has 4 aromatic heterocycles. The van der Waals surface area contributed by atoms with E-state index in [-0.39, 0.29) is 23.4 Å². The Morgan fingerprint density at radius 3 is 2.50 bits per heavy atom. The predicted octanol–water partition coefficient (Wildman–Crippen LogP) is 4.19. The van der Waals surface area contributed by atoms with Crippen molar-refractivity contribution in [1.82, 2.24) is 24.5 Å². The number of aromatic nitrogens is 5. The topological polar surface area (TPSA) is 85.6 Å². The van der Waals surface area contributed by atoms with Gasteiger partial charge in [-0.25, -0.2) is 33.3 Å². The van der Waals surface area contributed by atoms with Gasteiger partial charge in [-0.3, -0.25) is 4.79 Å². The van der Waals surface area contributed by atoms with Crippen molar-refractivity contribution >= 4 is 28.3 Å². The van der Waals surface area contributed by atoms with Gasteiger partial charge in [-0.1, -0.05) is 12.1 Å². The number of thiazole rings is 1. The van der Waals surface area contributed by atoms with E-state index in [1.165, 1.54) is 34.1 Å². The van der Waals surface area contributed by atoms with E-state index in [1.807, 2.05) is 0 Å². The monoisotopic (exact) mass is 448 g/mol. The molecule has 1 N–H and O–H groups in total. The zero-order valence-corrected chi connectivity index (χ0v) is 17.2. The maximum Gasteiger partial charge on any atom is 0.287 e. The van der Waals surface area contributed by atoms with Crippen molar-refractivity contribution in [1.29, 1.82) is 0 Å². The van der Waals surface area contributed by atoms with Gasteiger partial charge in [-0.05, 0) is 36.4 Å². The number of benzene rings is 1. The van der Waals surface area contributed by atoms with Crippen molar-refractivity contribution in [2.75, 3.05) is 5.32 Å². The normalized spacial score (nSPS) is 11.1. The molecule has 158 valence electrons. The van der Waals surface area contributed by atoms with Gasteiger partial charge in [0.15, 0.2) is 11.3 Å². The Hall–Kier alpha value is -4.05. The third-order valence-electron chi connectivity index (χ3n) is 4.73. The molecule has 0 unspecified atom stereocenters. The Morgan fingerprint density at radius 2 is 1.78 bits per heavy atom. The summed E-state index contributed by atoms with van der Waals surface area (Å²) in [6, 6.07) is 12.2. The molecule has 5 rings (SSSR count). The van der Waals surface area contributed by atoms with E-state index in [1.54, 1.807) is 48.1 Å². The van der Waals surface area contributed by atoms with E-state index < -0.39 is 17.2 Å². The Morgan fingerprint density at radius 1 is 0.938 bits per heavy atom. The highest BCUT2D eigenvalue weighted by molar-refractivity contribution is 7.13. The quantitative estimate of drug-likeness (QED) is 0.434. The lowest BCUT2D eigenvalue weighted by atomic mass is 10.2. The highest BCUT2D eigenvalue weighted by Crippen LogP contribution is 2.22. The summed E-state index contributed by atoms with van der Waals surface area (Å²) >= 11 is 1.30. The van der Waals surface area contributed by atoms with Gasteiger partial charge in [0, 0.05) is 29.9 Å². The third kappa shape index (κ3) is 3.60. The molecule has 4 heterocycles. The molecule has 0 bridgehead atoms. The number of nitrogens with zero attached hydrogens (tertiary/aromatic N) is 5. The maximum absolute atomic E-state index is 14.0. The lowest BCUT2D eigenvalue weighted by molar-refractivity contribution is 0.560. The van der Waals surface area contributed by atoms with Crippen molar-refractivity contribution in [2.24, 2.45) is 0 Å². The van der Waals surface area contributed by atoms with Crippen molar-refractivity contribution < 1.29 is 8.78 Å². The average Bonchev–Trinajstić information content (AvgIpc) is 3.33. The molecule has 0 spiro atoms. The lowest BCUT2D eigenvalue weighted by Gasteiger charge is -2.12. The second-order valence-corrected chi connectivity index (χ2v) is 7.61. The van der Waals surface area contributed by atoms with Crippen LogP contribution in [0.2, 0.25) is 0 Å². The van der Waals surface area contributed by atoms with Crippen molar-refractivity contribution in [2.45, 2.75) is 6.54 Å². The van der Waals surface area contributed by atoms with Gasteiger partial charge < -0.3 is 5.32 Å². The third-order valence-corrected chi connectivity index (χ3v) is 5.51. The molecule has 0 atom stereocenters. The molecule has 0 aliphatic carbocycles. The average molecular weight is 448 g/mol. The van der Waals surface area contributed by atoms with Gasteiger partial charge in [0.25, 0.3) is 5.56 Å². The molecule has 0 amide bonds. The lowest BCUT2D eigenvalue weighted by Crippen LogP contribution is -2.24. The van der Waals surface area contributed by atoms with Crippen LogP contribution in [0.4, 0.5) is 14.6 Å². The highest BCUT2D eigenvalue weighted by Gasteiger charge is 2.18. The zero-order chi connectivity index (χ0) is 22.1. The van der Waals surface area contributed by atoms with Crippen LogP contribution in [-0.4, -0.2) is 24.5 Å². The van der Waals surface area contributed by atoms with Gasteiger partial charge in [0.2, 0.25) is 0 Å². The fourth-order valence-electron chi connectivity index (χ4n) is 3.22. The number of halogens is 2. The van der Waals surface area contributed by atoms with Crippen LogP contribution in [-0.2, 0) is 6.54 Å². The van der Waals surface area contributed by atoms with Crippen LogP contribution in [0, 0.1) is 11.6 Å². The number of hydrogen-bond acceptors (Lipinski definition) is 7. The minimum atomic E-state index is -0.654. The molecule has 0 saturated carbocycles. The van der Waals surface area contributed by atoms with E-state index in [9.17, 15) is 13.6 Å². The van der Waals surface area contributed by atoms with Crippen LogP contribution < -0.4 is 10.9 Å². The fourth-order valence-corrected chi connectivity index (χ4v) is 3.84. The summed E-state index contributed by atoms with van der Waals surface area (Å²) in [5.41, 5.74) is 0.370. The van der Waals surface area contributed by atoms with Crippen LogP contribution in [0.5, 0.6) is 0 Å². The van der Waals surface area contributed by atoms with E-state index >= 15 is 0 Å². The Bertz CT molecular complexity index is 1450. The van der Waals surface area contributed by atoms with Gasteiger partial charge in [0.1, 0.15) is 33.8 Å². The molecule has 0 aliphatic heterocycles. The van der Waals surface area contributed by atoms with E-state index in [2.05, 4.69) is 25.3 Å². The summed E-state index contributed by atoms with van der Waals surface area (Å²) in [6.07, 6.45) is 3.17. The fraction of sp³-hybridized carbons (Fsp3) is 0.0455. The first-order valence-electron chi connectivity index (χ1n) is 9.53. The smallest absolute Gasteiger partial charge is 0.287 e. The predicted molar refractivity (Wildman–Crippen MR) is 118 cm³/mol. The molecule has 0 radical (unpaired) electrons. The van der Waals surface area contributed by atoms with Crippen LogP contribution in [0.15, 0.2) is 71.1 Å². The first-order chi connectivity index (χ1) is 15.6. The summed E-state index contributed by atoms with van der Waals surface area (Å²) < 4.78 is 29.3. The molecular formula is C22H14F2N6OS. The first-order valence-corrected chi connectivity index (χ1v) is 10.4. The summed E-state index contributed by atoms with van der Waals surface area (Å²) in [7, 11) is 0. The molecule has 1 aromatic carbocycles. The molecule has 32 heavy (non-hydrogen) atoms. The van der Waals surface area contributed by atoms with Crippen molar-refractivity contribution in [3.63, 3.8) is 0 Å². The highest BCUT2D eigenvalue weighted by atomic mass is 32.1. The van der Waals surface area contributed by atoms with Gasteiger partial charge >= 0.3 is 0 Å². The number of hydrogen-bond donors (Lipinski definition) is 1. The summed E-state index contributed by atoms with van der Waals surface area (Å²) in [6.45, 7) is -0.116. The van der Waals surface area contributed by atoms with E-state index in [4.69, 9.17) is 0 Å². The number of fused-ring (bicyclic) bond motifs is 1. The number of pyridine rings is 2. The maximum atomic E-state index is 14.0. The number of nitrogens with one attached hydrogen (secondary N) is 1. The summed E-state index contributed by atoms with van der Waals surface area (Å²) in [5, 5.41) is 5.16. The van der Waals surface area contributed by atoms with Crippen LogP contribution in [0.3, 0.4) is 0 Å². The van der Waals surface area contributed by atoms with Gasteiger partial charge in [0.05, 0.1) is 0 Å². The molecule has 7 nitrogen and oxygen atoms in total. The SMILES string of the molecule is O=c1c(-c2nccs2)nc2ccc(NCc3c(F)cccc3F)nc2n1-c1ccccn1. The second-order valence-electron chi connectivity index (χ2n) is 6.72. The minimum absolute atomic E-state index is 0.103. The van der Waals surface area contributed by atoms with E-state index in [0.29, 0.717) is 22.2 Å². The Labute approximate surface area is 184 Å². The molecule has 0 fully saturated rings. The van der Waals surface area contributed by atoms with Crippen molar-refractivity contribution in [3.05, 3.63) is 93.9 Å². The Balaban J connectivity index is 1.64. The molecular weight excluding hydrogens is 434 g/mol. The van der Waals surface area contributed by atoms with Crippen LogP contribution in [0.1, 0.15) is 5.56 Å². The second kappa shape index (κ2) is 8.23. The number of anilines is 1. The molecule has 10 heteroatoms. The van der Waals surface area contributed by atoms with Gasteiger partial charge in [-0.2, -0.15) is 0 Å². The molecule has 5 aromatic rings. The van der Waals surface area contributed by atoms with Crippen molar-refractivity contribution in [3.8, 4) is 16.5 Å².